The number of hydrogen-bond donors (Lipinski definition) is 2. The van der Waals surface area contributed by atoms with Gasteiger partial charge in [0.25, 0.3) is 5.91 Å². The van der Waals surface area contributed by atoms with E-state index in [0.29, 0.717) is 11.4 Å². The Kier molecular flexibility index (Phi) is 5.17. The van der Waals surface area contributed by atoms with Crippen molar-refractivity contribution in [3.8, 4) is 5.75 Å². The number of nitrogens with zero attached hydrogens (tertiary/aromatic N) is 4. The van der Waals surface area contributed by atoms with Gasteiger partial charge in [0, 0.05) is 17.7 Å². The zero-order valence-electron chi connectivity index (χ0n) is 15.3. The van der Waals surface area contributed by atoms with E-state index in [-0.39, 0.29) is 23.1 Å². The number of amides is 1. The molecule has 1 aliphatic rings. The average Bonchev–Trinajstić information content (AvgIpc) is 3.53. The Labute approximate surface area is 168 Å². The molecule has 0 unspecified atom stereocenters. The predicted octanol–water partition coefficient (Wildman–Crippen LogP) is 4.04. The normalized spacial score (nSPS) is 13.6. The van der Waals surface area contributed by atoms with Gasteiger partial charge in [-0.1, -0.05) is 6.07 Å². The minimum atomic E-state index is -4.83. The third-order valence-electron chi connectivity index (χ3n) is 4.15. The zero-order chi connectivity index (χ0) is 21.1. The summed E-state index contributed by atoms with van der Waals surface area (Å²) in [5.74, 6) is -0.650. The van der Waals surface area contributed by atoms with E-state index in [9.17, 15) is 18.0 Å². The molecule has 4 rings (SSSR count). The SMILES string of the molecule is O=C(Nc1cccc(OC(F)(F)F)c1)c1nc(C2CC2)cnc1Nc1cncnc1. The number of carbonyl (C=O) groups is 1. The van der Waals surface area contributed by atoms with Crippen molar-refractivity contribution in [2.45, 2.75) is 25.1 Å². The van der Waals surface area contributed by atoms with Crippen LogP contribution in [0.1, 0.15) is 34.9 Å². The summed E-state index contributed by atoms with van der Waals surface area (Å²) in [4.78, 5) is 29.4. The second-order valence-corrected chi connectivity index (χ2v) is 6.55. The van der Waals surface area contributed by atoms with Gasteiger partial charge in [-0.3, -0.25) is 4.79 Å². The molecule has 8 nitrogen and oxygen atoms in total. The van der Waals surface area contributed by atoms with Gasteiger partial charge in [-0.05, 0) is 25.0 Å². The van der Waals surface area contributed by atoms with E-state index in [2.05, 4.69) is 35.3 Å². The third kappa shape index (κ3) is 4.99. The molecule has 30 heavy (non-hydrogen) atoms. The fourth-order valence-electron chi connectivity index (χ4n) is 2.69. The fraction of sp³-hybridized carbons (Fsp3) is 0.211. The number of carbonyl (C=O) groups excluding carboxylic acids is 1. The summed E-state index contributed by atoms with van der Waals surface area (Å²) in [5.41, 5.74) is 1.31. The number of benzene rings is 1. The molecule has 1 saturated carbocycles. The highest BCUT2D eigenvalue weighted by molar-refractivity contribution is 6.06. The molecule has 0 radical (unpaired) electrons. The van der Waals surface area contributed by atoms with Crippen molar-refractivity contribution >= 4 is 23.1 Å². The number of alkyl halides is 3. The molecule has 2 heterocycles. The Bertz CT molecular complexity index is 1060. The Balaban J connectivity index is 1.59. The lowest BCUT2D eigenvalue weighted by molar-refractivity contribution is -0.274. The molecule has 1 aromatic carbocycles. The fourth-order valence-corrected chi connectivity index (χ4v) is 2.69. The maximum absolute atomic E-state index is 12.9. The Morgan fingerprint density at radius 1 is 1.10 bits per heavy atom. The van der Waals surface area contributed by atoms with Crippen molar-refractivity contribution < 1.29 is 22.7 Å². The van der Waals surface area contributed by atoms with Crippen LogP contribution in [0.25, 0.3) is 0 Å². The highest BCUT2D eigenvalue weighted by atomic mass is 19.4. The van der Waals surface area contributed by atoms with Crippen molar-refractivity contribution in [3.05, 3.63) is 60.6 Å². The number of hydrogen-bond acceptors (Lipinski definition) is 7. The lowest BCUT2D eigenvalue weighted by Crippen LogP contribution is -2.19. The van der Waals surface area contributed by atoms with Gasteiger partial charge in [-0.2, -0.15) is 0 Å². The molecular weight excluding hydrogens is 401 g/mol. The molecule has 11 heteroatoms. The van der Waals surface area contributed by atoms with Gasteiger partial charge in [-0.15, -0.1) is 13.2 Å². The summed E-state index contributed by atoms with van der Waals surface area (Å²) >= 11 is 0. The van der Waals surface area contributed by atoms with E-state index >= 15 is 0 Å². The first-order chi connectivity index (χ1) is 14.4. The van der Waals surface area contributed by atoms with Gasteiger partial charge in [0.1, 0.15) is 12.1 Å². The largest absolute Gasteiger partial charge is 0.573 e. The summed E-state index contributed by atoms with van der Waals surface area (Å²) in [7, 11) is 0. The monoisotopic (exact) mass is 416 g/mol. The van der Waals surface area contributed by atoms with Crippen LogP contribution in [0, 0.1) is 0 Å². The maximum atomic E-state index is 12.9. The van der Waals surface area contributed by atoms with Gasteiger partial charge in [-0.25, -0.2) is 19.9 Å². The third-order valence-corrected chi connectivity index (χ3v) is 4.15. The van der Waals surface area contributed by atoms with Gasteiger partial charge >= 0.3 is 6.36 Å². The molecule has 0 atom stereocenters. The first-order valence-electron chi connectivity index (χ1n) is 8.93. The first kappa shape index (κ1) is 19.6. The summed E-state index contributed by atoms with van der Waals surface area (Å²) in [6.45, 7) is 0. The molecular formula is C19H15F3N6O2. The van der Waals surface area contributed by atoms with Gasteiger partial charge in [0.15, 0.2) is 11.5 Å². The summed E-state index contributed by atoms with van der Waals surface area (Å²) < 4.78 is 41.2. The highest BCUT2D eigenvalue weighted by Crippen LogP contribution is 2.39. The van der Waals surface area contributed by atoms with Crippen molar-refractivity contribution in [1.82, 2.24) is 19.9 Å². The molecule has 0 bridgehead atoms. The van der Waals surface area contributed by atoms with E-state index < -0.39 is 18.0 Å². The molecule has 2 aromatic heterocycles. The number of aromatic nitrogens is 4. The van der Waals surface area contributed by atoms with Gasteiger partial charge in [0.05, 0.1) is 30.0 Å². The van der Waals surface area contributed by atoms with E-state index in [1.54, 1.807) is 6.20 Å². The number of nitrogens with one attached hydrogen (secondary N) is 2. The molecule has 2 N–H and O–H groups in total. The lowest BCUT2D eigenvalue weighted by atomic mass is 10.2. The summed E-state index contributed by atoms with van der Waals surface area (Å²) in [6, 6.07) is 4.99. The standard InChI is InChI=1S/C19H15F3N6O2/c20-19(21,22)30-14-3-1-2-12(6-14)27-18(29)16-17(26-13-7-23-10-24-8-13)25-9-15(28-16)11-4-5-11/h1-3,6-11H,4-5H2,(H,25,26)(H,27,29). The van der Waals surface area contributed by atoms with Crippen LogP contribution in [0.2, 0.25) is 0 Å². The van der Waals surface area contributed by atoms with Crippen LogP contribution < -0.4 is 15.4 Å². The Morgan fingerprint density at radius 2 is 1.87 bits per heavy atom. The van der Waals surface area contributed by atoms with Crippen LogP contribution in [-0.2, 0) is 0 Å². The number of halogens is 3. The molecule has 0 saturated heterocycles. The Morgan fingerprint density at radius 3 is 2.57 bits per heavy atom. The van der Waals surface area contributed by atoms with Crippen LogP contribution in [0.15, 0.2) is 49.2 Å². The zero-order valence-corrected chi connectivity index (χ0v) is 15.3. The van der Waals surface area contributed by atoms with E-state index in [1.165, 1.54) is 30.9 Å². The number of ether oxygens (including phenoxy) is 1. The summed E-state index contributed by atoms with van der Waals surface area (Å²) in [6.07, 6.45) is 3.06. The maximum Gasteiger partial charge on any atom is 0.573 e. The van der Waals surface area contributed by atoms with Crippen LogP contribution >= 0.6 is 0 Å². The molecule has 0 spiro atoms. The second kappa shape index (κ2) is 7.93. The summed E-state index contributed by atoms with van der Waals surface area (Å²) in [5, 5.41) is 5.47. The smallest absolute Gasteiger partial charge is 0.406 e. The van der Waals surface area contributed by atoms with Crippen LogP contribution in [-0.4, -0.2) is 32.2 Å². The van der Waals surface area contributed by atoms with Crippen LogP contribution in [0.5, 0.6) is 5.75 Å². The van der Waals surface area contributed by atoms with E-state index in [1.807, 2.05) is 0 Å². The van der Waals surface area contributed by atoms with Crippen LogP contribution in [0.4, 0.5) is 30.4 Å². The average molecular weight is 416 g/mol. The minimum absolute atomic E-state index is 0.00500. The lowest BCUT2D eigenvalue weighted by Gasteiger charge is -2.13. The van der Waals surface area contributed by atoms with Gasteiger partial charge < -0.3 is 15.4 Å². The van der Waals surface area contributed by atoms with E-state index in [4.69, 9.17) is 0 Å². The Hall–Kier alpha value is -3.76. The second-order valence-electron chi connectivity index (χ2n) is 6.55. The number of rotatable bonds is 6. The van der Waals surface area contributed by atoms with Crippen molar-refractivity contribution in [3.63, 3.8) is 0 Å². The van der Waals surface area contributed by atoms with Gasteiger partial charge in [0.2, 0.25) is 0 Å². The molecule has 0 aliphatic heterocycles. The molecule has 1 fully saturated rings. The highest BCUT2D eigenvalue weighted by Gasteiger charge is 2.31. The molecule has 154 valence electrons. The van der Waals surface area contributed by atoms with Crippen LogP contribution in [0.3, 0.4) is 0 Å². The molecule has 1 amide bonds. The first-order valence-corrected chi connectivity index (χ1v) is 8.93. The minimum Gasteiger partial charge on any atom is -0.406 e. The number of anilines is 3. The molecule has 3 aromatic rings. The predicted molar refractivity (Wildman–Crippen MR) is 100 cm³/mol. The molecule has 1 aliphatic carbocycles. The topological polar surface area (TPSA) is 102 Å². The quantitative estimate of drug-likeness (QED) is 0.625. The van der Waals surface area contributed by atoms with E-state index in [0.717, 1.165) is 25.0 Å². The van der Waals surface area contributed by atoms with Crippen molar-refractivity contribution in [2.75, 3.05) is 10.6 Å². The van der Waals surface area contributed by atoms with Crippen molar-refractivity contribution in [2.24, 2.45) is 0 Å². The van der Waals surface area contributed by atoms with Crippen molar-refractivity contribution in [1.29, 1.82) is 0 Å².